The summed E-state index contributed by atoms with van der Waals surface area (Å²) in [7, 11) is 1.52. The van der Waals surface area contributed by atoms with E-state index in [0.29, 0.717) is 23.6 Å². The second-order valence-electron chi connectivity index (χ2n) is 7.31. The molecule has 156 valence electrons. The molecule has 0 saturated carbocycles. The average molecular weight is 399 g/mol. The number of hydrogen-bond donors (Lipinski definition) is 1. The number of carbonyl (C=O) groups is 1. The highest BCUT2D eigenvalue weighted by atomic mass is 16.5. The maximum Gasteiger partial charge on any atom is 0.161 e. The predicted octanol–water partition coefficient (Wildman–Crippen LogP) is 2.93. The van der Waals surface area contributed by atoms with E-state index in [1.807, 2.05) is 18.2 Å². The van der Waals surface area contributed by atoms with Crippen LogP contribution >= 0.6 is 0 Å². The highest BCUT2D eigenvalue weighted by molar-refractivity contribution is 5.76. The molecule has 2 atom stereocenters. The van der Waals surface area contributed by atoms with Crippen molar-refractivity contribution in [3.8, 4) is 11.5 Å². The van der Waals surface area contributed by atoms with Crippen LogP contribution in [-0.2, 0) is 11.3 Å². The molecule has 2 aromatic rings. The highest BCUT2D eigenvalue weighted by Gasteiger charge is 2.21. The molecule has 1 fully saturated rings. The second kappa shape index (κ2) is 11.0. The summed E-state index contributed by atoms with van der Waals surface area (Å²) in [6, 6.07) is 15.2. The van der Waals surface area contributed by atoms with Gasteiger partial charge in [0.25, 0.3) is 0 Å². The Morgan fingerprint density at radius 3 is 2.76 bits per heavy atom. The summed E-state index contributed by atoms with van der Waals surface area (Å²) in [6.07, 6.45) is 2.44. The summed E-state index contributed by atoms with van der Waals surface area (Å²) in [6.45, 7) is 2.95. The third kappa shape index (κ3) is 6.56. The fraction of sp³-hybridized carbons (Fsp3) is 0.435. The minimum Gasteiger partial charge on any atom is -0.493 e. The van der Waals surface area contributed by atoms with E-state index in [1.165, 1.54) is 12.7 Å². The minimum absolute atomic E-state index is 0.133. The molecule has 1 N–H and O–H groups in total. The Balaban J connectivity index is 1.58. The zero-order valence-corrected chi connectivity index (χ0v) is 16.8. The second-order valence-corrected chi connectivity index (χ2v) is 7.31. The van der Waals surface area contributed by atoms with Crippen LogP contribution in [0.4, 0.5) is 0 Å². The van der Waals surface area contributed by atoms with Crippen molar-refractivity contribution in [1.82, 2.24) is 4.90 Å². The number of nitrogens with zero attached hydrogens (tertiary/aromatic N) is 1. The van der Waals surface area contributed by atoms with Crippen LogP contribution in [0, 0.1) is 0 Å². The van der Waals surface area contributed by atoms with Crippen molar-refractivity contribution in [2.24, 2.45) is 0 Å². The number of methoxy groups -OCH3 is 1. The number of benzene rings is 2. The van der Waals surface area contributed by atoms with E-state index in [2.05, 4.69) is 17.0 Å². The summed E-state index contributed by atoms with van der Waals surface area (Å²) in [5, 5.41) is 10.6. The Morgan fingerprint density at radius 2 is 2.07 bits per heavy atom. The van der Waals surface area contributed by atoms with Gasteiger partial charge in [-0.2, -0.15) is 0 Å². The first-order valence-corrected chi connectivity index (χ1v) is 10.00. The van der Waals surface area contributed by atoms with Gasteiger partial charge in [-0.1, -0.05) is 30.3 Å². The SMILES string of the molecule is COc1cc(C=O)ccc1OCC(O)CN(Cc1ccccc1)CC1CCCO1. The monoisotopic (exact) mass is 399 g/mol. The van der Waals surface area contributed by atoms with Crippen LogP contribution in [-0.4, -0.2) is 61.9 Å². The lowest BCUT2D eigenvalue weighted by Gasteiger charge is -2.27. The predicted molar refractivity (Wildman–Crippen MR) is 111 cm³/mol. The van der Waals surface area contributed by atoms with Gasteiger partial charge in [0.2, 0.25) is 0 Å². The number of rotatable bonds is 11. The molecule has 0 amide bonds. The van der Waals surface area contributed by atoms with Gasteiger partial charge in [-0.25, -0.2) is 0 Å². The molecule has 0 spiro atoms. The molecule has 1 saturated heterocycles. The van der Waals surface area contributed by atoms with E-state index in [9.17, 15) is 9.90 Å². The van der Waals surface area contributed by atoms with Crippen molar-refractivity contribution in [3.63, 3.8) is 0 Å². The zero-order chi connectivity index (χ0) is 20.5. The van der Waals surface area contributed by atoms with Crippen molar-refractivity contribution in [2.45, 2.75) is 31.6 Å². The first-order chi connectivity index (χ1) is 14.2. The summed E-state index contributed by atoms with van der Waals surface area (Å²) in [5.74, 6) is 0.980. The largest absolute Gasteiger partial charge is 0.493 e. The van der Waals surface area contributed by atoms with Gasteiger partial charge in [-0.15, -0.1) is 0 Å². The standard InChI is InChI=1S/C23H29NO5/c1-27-23-12-19(16-25)9-10-22(23)29-17-20(26)14-24(15-21-8-5-11-28-21)13-18-6-3-2-4-7-18/h2-4,6-7,9-10,12,16,20-21,26H,5,8,11,13-15,17H2,1H3. The molecule has 1 aliphatic rings. The quantitative estimate of drug-likeness (QED) is 0.586. The Bertz CT molecular complexity index is 761. The fourth-order valence-electron chi connectivity index (χ4n) is 3.54. The first-order valence-electron chi connectivity index (χ1n) is 10.00. The molecule has 29 heavy (non-hydrogen) atoms. The maximum atomic E-state index is 10.9. The van der Waals surface area contributed by atoms with Crippen LogP contribution in [0.25, 0.3) is 0 Å². The van der Waals surface area contributed by atoms with Crippen molar-refractivity contribution >= 4 is 6.29 Å². The Labute approximate surface area is 172 Å². The fourth-order valence-corrected chi connectivity index (χ4v) is 3.54. The number of aldehydes is 1. The van der Waals surface area contributed by atoms with E-state index in [1.54, 1.807) is 18.2 Å². The van der Waals surface area contributed by atoms with Crippen LogP contribution in [0.1, 0.15) is 28.8 Å². The Hall–Kier alpha value is -2.41. The highest BCUT2D eigenvalue weighted by Crippen LogP contribution is 2.27. The molecule has 1 heterocycles. The molecule has 0 aromatic heterocycles. The van der Waals surface area contributed by atoms with Gasteiger partial charge in [-0.3, -0.25) is 9.69 Å². The van der Waals surface area contributed by atoms with Gasteiger partial charge in [0, 0.05) is 31.8 Å². The van der Waals surface area contributed by atoms with Crippen LogP contribution in [0.5, 0.6) is 11.5 Å². The molecule has 2 unspecified atom stereocenters. The molecular weight excluding hydrogens is 370 g/mol. The van der Waals surface area contributed by atoms with Crippen molar-refractivity contribution in [1.29, 1.82) is 0 Å². The normalized spacial score (nSPS) is 17.3. The molecule has 3 rings (SSSR count). The number of ether oxygens (including phenoxy) is 3. The van der Waals surface area contributed by atoms with Gasteiger partial charge >= 0.3 is 0 Å². The molecule has 0 aliphatic carbocycles. The lowest BCUT2D eigenvalue weighted by molar-refractivity contribution is 0.0310. The van der Waals surface area contributed by atoms with Crippen LogP contribution in [0.3, 0.4) is 0 Å². The van der Waals surface area contributed by atoms with Gasteiger partial charge < -0.3 is 19.3 Å². The smallest absolute Gasteiger partial charge is 0.161 e. The molecular formula is C23H29NO5. The molecule has 1 aliphatic heterocycles. The van der Waals surface area contributed by atoms with Crippen molar-refractivity contribution in [2.75, 3.05) is 33.4 Å². The summed E-state index contributed by atoms with van der Waals surface area (Å²) in [5.41, 5.74) is 1.71. The number of aliphatic hydroxyl groups excluding tert-OH is 1. The average Bonchev–Trinajstić information content (AvgIpc) is 3.25. The van der Waals surface area contributed by atoms with E-state index < -0.39 is 6.10 Å². The van der Waals surface area contributed by atoms with Crippen LogP contribution in [0.15, 0.2) is 48.5 Å². The third-order valence-electron chi connectivity index (χ3n) is 4.96. The zero-order valence-electron chi connectivity index (χ0n) is 16.8. The van der Waals surface area contributed by atoms with E-state index >= 15 is 0 Å². The summed E-state index contributed by atoms with van der Waals surface area (Å²) >= 11 is 0. The lowest BCUT2D eigenvalue weighted by Crippen LogP contribution is -2.39. The van der Waals surface area contributed by atoms with Crippen LogP contribution < -0.4 is 9.47 Å². The lowest BCUT2D eigenvalue weighted by atomic mass is 10.1. The summed E-state index contributed by atoms with van der Waals surface area (Å²) < 4.78 is 16.8. The molecule has 6 heteroatoms. The van der Waals surface area contributed by atoms with Gasteiger partial charge in [0.1, 0.15) is 19.0 Å². The number of aliphatic hydroxyl groups is 1. The van der Waals surface area contributed by atoms with Gasteiger partial charge in [-0.05, 0) is 36.6 Å². The number of hydrogen-bond acceptors (Lipinski definition) is 6. The maximum absolute atomic E-state index is 10.9. The van der Waals surface area contributed by atoms with Crippen LogP contribution in [0.2, 0.25) is 0 Å². The molecule has 0 radical (unpaired) electrons. The molecule has 2 aromatic carbocycles. The van der Waals surface area contributed by atoms with E-state index in [-0.39, 0.29) is 12.7 Å². The first kappa shape index (κ1) is 21.3. The summed E-state index contributed by atoms with van der Waals surface area (Å²) in [4.78, 5) is 13.1. The minimum atomic E-state index is -0.671. The van der Waals surface area contributed by atoms with Crippen molar-refractivity contribution < 1.29 is 24.1 Å². The van der Waals surface area contributed by atoms with E-state index in [4.69, 9.17) is 14.2 Å². The van der Waals surface area contributed by atoms with Gasteiger partial charge in [0.15, 0.2) is 11.5 Å². The topological polar surface area (TPSA) is 68.2 Å². The van der Waals surface area contributed by atoms with Crippen molar-refractivity contribution in [3.05, 3.63) is 59.7 Å². The molecule has 6 nitrogen and oxygen atoms in total. The Morgan fingerprint density at radius 1 is 1.24 bits per heavy atom. The molecule has 0 bridgehead atoms. The van der Waals surface area contributed by atoms with Gasteiger partial charge in [0.05, 0.1) is 13.2 Å². The number of carbonyl (C=O) groups excluding carboxylic acids is 1. The van der Waals surface area contributed by atoms with E-state index in [0.717, 1.165) is 38.8 Å². The Kier molecular flexibility index (Phi) is 8.04. The third-order valence-corrected chi connectivity index (χ3v) is 4.96.